The van der Waals surface area contributed by atoms with Crippen LogP contribution in [0.2, 0.25) is 0 Å². The summed E-state index contributed by atoms with van der Waals surface area (Å²) in [4.78, 5) is 11.5. The van der Waals surface area contributed by atoms with Gasteiger partial charge in [0.15, 0.2) is 0 Å². The van der Waals surface area contributed by atoms with Gasteiger partial charge < -0.3 is 10.2 Å². The molecule has 0 fully saturated rings. The summed E-state index contributed by atoms with van der Waals surface area (Å²) in [5.74, 6) is 0. The molecular formula is C13H15NO2. The van der Waals surface area contributed by atoms with E-state index in [1.807, 2.05) is 19.1 Å². The Bertz CT molecular complexity index is 584. The molecule has 0 saturated heterocycles. The minimum Gasteiger partial charge on any atom is -0.422 e. The maximum Gasteiger partial charge on any atom is 0.339 e. The molecule has 1 aromatic heterocycles. The number of benzene rings is 1. The summed E-state index contributed by atoms with van der Waals surface area (Å²) in [5.41, 5.74) is 8.63. The van der Waals surface area contributed by atoms with Gasteiger partial charge in [-0.25, -0.2) is 4.79 Å². The Kier molecular flexibility index (Phi) is 2.69. The fourth-order valence-corrected chi connectivity index (χ4v) is 1.83. The molecule has 0 aliphatic heterocycles. The zero-order valence-electron chi connectivity index (χ0n) is 9.54. The van der Waals surface area contributed by atoms with E-state index in [2.05, 4.69) is 6.92 Å². The van der Waals surface area contributed by atoms with E-state index in [1.54, 1.807) is 6.07 Å². The summed E-state index contributed by atoms with van der Waals surface area (Å²) in [7, 11) is 0. The lowest BCUT2D eigenvalue weighted by atomic mass is 10.1. The maximum atomic E-state index is 11.5. The third-order valence-corrected chi connectivity index (χ3v) is 2.83. The molecule has 2 rings (SSSR count). The normalized spacial score (nSPS) is 10.9. The third-order valence-electron chi connectivity index (χ3n) is 2.83. The number of anilines is 1. The topological polar surface area (TPSA) is 56.2 Å². The zero-order valence-corrected chi connectivity index (χ0v) is 9.54. The molecule has 84 valence electrons. The lowest BCUT2D eigenvalue weighted by molar-refractivity contribution is 0.551. The van der Waals surface area contributed by atoms with Gasteiger partial charge in [0.1, 0.15) is 5.58 Å². The highest BCUT2D eigenvalue weighted by Gasteiger charge is 2.06. The average molecular weight is 217 g/mol. The zero-order chi connectivity index (χ0) is 11.7. The van der Waals surface area contributed by atoms with Gasteiger partial charge in [-0.3, -0.25) is 0 Å². The van der Waals surface area contributed by atoms with Crippen LogP contribution in [-0.4, -0.2) is 0 Å². The van der Waals surface area contributed by atoms with Crippen LogP contribution in [0.1, 0.15) is 25.0 Å². The molecule has 1 aromatic carbocycles. The Labute approximate surface area is 93.9 Å². The maximum absolute atomic E-state index is 11.5. The number of hydrogen-bond acceptors (Lipinski definition) is 3. The molecule has 0 unspecified atom stereocenters. The summed E-state index contributed by atoms with van der Waals surface area (Å²) in [5, 5.41) is 0.947. The number of fused-ring (bicyclic) bond motifs is 1. The highest BCUT2D eigenvalue weighted by atomic mass is 16.4. The fourth-order valence-electron chi connectivity index (χ4n) is 1.83. The second-order valence-electron chi connectivity index (χ2n) is 3.86. The number of rotatable bonds is 2. The van der Waals surface area contributed by atoms with Crippen LogP contribution in [0.3, 0.4) is 0 Å². The highest BCUT2D eigenvalue weighted by Crippen LogP contribution is 2.22. The molecule has 0 radical (unpaired) electrons. The molecule has 0 amide bonds. The third kappa shape index (κ3) is 1.69. The van der Waals surface area contributed by atoms with Gasteiger partial charge in [-0.15, -0.1) is 0 Å². The molecule has 0 saturated carbocycles. The van der Waals surface area contributed by atoms with Gasteiger partial charge in [0.2, 0.25) is 0 Å². The first-order valence-electron chi connectivity index (χ1n) is 5.50. The van der Waals surface area contributed by atoms with Crippen LogP contribution < -0.4 is 11.4 Å². The van der Waals surface area contributed by atoms with Crippen molar-refractivity contribution in [3.63, 3.8) is 0 Å². The van der Waals surface area contributed by atoms with Crippen molar-refractivity contribution in [2.75, 3.05) is 5.73 Å². The molecule has 0 spiro atoms. The van der Waals surface area contributed by atoms with Gasteiger partial charge >= 0.3 is 5.63 Å². The van der Waals surface area contributed by atoms with Crippen molar-refractivity contribution < 1.29 is 4.42 Å². The smallest absolute Gasteiger partial charge is 0.339 e. The molecule has 1 heterocycles. The quantitative estimate of drug-likeness (QED) is 0.621. The predicted molar refractivity (Wildman–Crippen MR) is 65.7 cm³/mol. The van der Waals surface area contributed by atoms with E-state index in [1.165, 1.54) is 0 Å². The van der Waals surface area contributed by atoms with Crippen LogP contribution >= 0.6 is 0 Å². The fraction of sp³-hybridized carbons (Fsp3) is 0.308. The van der Waals surface area contributed by atoms with Gasteiger partial charge in [0.05, 0.1) is 0 Å². The van der Waals surface area contributed by atoms with E-state index in [-0.39, 0.29) is 5.63 Å². The minimum atomic E-state index is -0.265. The van der Waals surface area contributed by atoms with Gasteiger partial charge in [0.25, 0.3) is 0 Å². The van der Waals surface area contributed by atoms with Crippen molar-refractivity contribution in [2.45, 2.75) is 26.7 Å². The molecule has 2 aromatic rings. The molecule has 3 heteroatoms. The Morgan fingerprint density at radius 2 is 1.75 bits per heavy atom. The molecular weight excluding hydrogens is 202 g/mol. The van der Waals surface area contributed by atoms with Crippen molar-refractivity contribution in [3.05, 3.63) is 39.7 Å². The Morgan fingerprint density at radius 3 is 2.38 bits per heavy atom. The van der Waals surface area contributed by atoms with E-state index in [0.29, 0.717) is 23.3 Å². The second kappa shape index (κ2) is 4.00. The summed E-state index contributed by atoms with van der Waals surface area (Å²) >= 11 is 0. The molecule has 16 heavy (non-hydrogen) atoms. The summed E-state index contributed by atoms with van der Waals surface area (Å²) < 4.78 is 5.23. The van der Waals surface area contributed by atoms with Crippen molar-refractivity contribution in [1.82, 2.24) is 0 Å². The molecule has 0 atom stereocenters. The monoisotopic (exact) mass is 217 g/mol. The van der Waals surface area contributed by atoms with Gasteiger partial charge in [-0.2, -0.15) is 0 Å². The Balaban J connectivity index is 2.77. The van der Waals surface area contributed by atoms with Crippen LogP contribution in [0.4, 0.5) is 5.69 Å². The van der Waals surface area contributed by atoms with Crippen molar-refractivity contribution in [1.29, 1.82) is 0 Å². The average Bonchev–Trinajstić information content (AvgIpc) is 2.27. The van der Waals surface area contributed by atoms with E-state index in [0.717, 1.165) is 17.4 Å². The van der Waals surface area contributed by atoms with Crippen molar-refractivity contribution >= 4 is 16.7 Å². The van der Waals surface area contributed by atoms with Crippen LogP contribution in [0.5, 0.6) is 0 Å². The summed E-state index contributed by atoms with van der Waals surface area (Å²) in [6.45, 7) is 3.99. The second-order valence-corrected chi connectivity index (χ2v) is 3.86. The molecule has 0 aliphatic carbocycles. The minimum absolute atomic E-state index is 0.265. The SMILES string of the molecule is CCc1cc2cc(CC)c(=O)oc2cc1N. The van der Waals surface area contributed by atoms with Crippen molar-refractivity contribution in [2.24, 2.45) is 0 Å². The first kappa shape index (κ1) is 10.7. The van der Waals surface area contributed by atoms with E-state index >= 15 is 0 Å². The van der Waals surface area contributed by atoms with Crippen LogP contribution in [0.25, 0.3) is 11.0 Å². The lowest BCUT2D eigenvalue weighted by Crippen LogP contribution is -2.06. The predicted octanol–water partition coefficient (Wildman–Crippen LogP) is 2.50. The number of nitrogens with two attached hydrogens (primary N) is 1. The molecule has 0 aliphatic rings. The number of hydrogen-bond donors (Lipinski definition) is 1. The largest absolute Gasteiger partial charge is 0.422 e. The number of aryl methyl sites for hydroxylation is 2. The van der Waals surface area contributed by atoms with E-state index in [9.17, 15) is 4.79 Å². The van der Waals surface area contributed by atoms with Crippen molar-refractivity contribution in [3.8, 4) is 0 Å². The van der Waals surface area contributed by atoms with E-state index < -0.39 is 0 Å². The lowest BCUT2D eigenvalue weighted by Gasteiger charge is -2.05. The first-order chi connectivity index (χ1) is 7.65. The molecule has 2 N–H and O–H groups in total. The standard InChI is InChI=1S/C13H15NO2/c1-3-8-5-10-6-9(4-2)13(15)16-12(10)7-11(8)14/h5-7H,3-4,14H2,1-2H3. The summed E-state index contributed by atoms with van der Waals surface area (Å²) in [6.07, 6.45) is 1.56. The van der Waals surface area contributed by atoms with Gasteiger partial charge in [0, 0.05) is 22.7 Å². The molecule has 3 nitrogen and oxygen atoms in total. The van der Waals surface area contributed by atoms with Crippen LogP contribution in [0.15, 0.2) is 27.4 Å². The Morgan fingerprint density at radius 1 is 1.12 bits per heavy atom. The summed E-state index contributed by atoms with van der Waals surface area (Å²) in [6, 6.07) is 5.61. The van der Waals surface area contributed by atoms with Crippen LogP contribution in [0, 0.1) is 0 Å². The molecule has 0 bridgehead atoms. The Hall–Kier alpha value is -1.77. The highest BCUT2D eigenvalue weighted by molar-refractivity contribution is 5.82. The number of nitrogen functional groups attached to an aromatic ring is 1. The van der Waals surface area contributed by atoms with Gasteiger partial charge in [-0.05, 0) is 30.5 Å². The van der Waals surface area contributed by atoms with Gasteiger partial charge in [-0.1, -0.05) is 13.8 Å². The van der Waals surface area contributed by atoms with E-state index in [4.69, 9.17) is 10.2 Å². The first-order valence-corrected chi connectivity index (χ1v) is 5.50. The van der Waals surface area contributed by atoms with Crippen LogP contribution in [-0.2, 0) is 12.8 Å².